The van der Waals surface area contributed by atoms with Crippen molar-refractivity contribution in [1.82, 2.24) is 4.57 Å². The fourth-order valence-electron chi connectivity index (χ4n) is 5.36. The Morgan fingerprint density at radius 3 is 1.90 bits per heavy atom. The normalized spacial score (nSPS) is 11.7. The highest BCUT2D eigenvalue weighted by Gasteiger charge is 2.19. The van der Waals surface area contributed by atoms with Gasteiger partial charge in [-0.1, -0.05) is 51.1 Å². The molecule has 0 amide bonds. The number of nitrogens with zero attached hydrogens (tertiary/aromatic N) is 2. The van der Waals surface area contributed by atoms with Gasteiger partial charge in [-0.05, 0) is 86.8 Å². The van der Waals surface area contributed by atoms with Crippen molar-refractivity contribution in [3.63, 3.8) is 0 Å². The third kappa shape index (κ3) is 6.96. The third-order valence-electron chi connectivity index (χ3n) is 7.69. The number of rotatable bonds is 15. The fraction of sp³-hybridized carbons (Fsp3) is 0.371. The van der Waals surface area contributed by atoms with E-state index in [-0.39, 0.29) is 23.2 Å². The summed E-state index contributed by atoms with van der Waals surface area (Å²) < 4.78 is 7.59. The molecular weight excluding hydrogens is 528 g/mol. The minimum absolute atomic E-state index is 0.149. The van der Waals surface area contributed by atoms with Crippen molar-refractivity contribution in [1.29, 1.82) is 0 Å². The Bertz CT molecular complexity index is 1600. The van der Waals surface area contributed by atoms with Gasteiger partial charge in [-0.15, -0.1) is 0 Å². The molecule has 1 heterocycles. The summed E-state index contributed by atoms with van der Waals surface area (Å²) in [6, 6.07) is 17.8. The first-order valence-corrected chi connectivity index (χ1v) is 15.1. The van der Waals surface area contributed by atoms with E-state index in [1.54, 1.807) is 30.3 Å². The number of hydrogen-bond donors (Lipinski definition) is 1. The number of ketones is 2. The Kier molecular flexibility index (Phi) is 10.7. The van der Waals surface area contributed by atoms with Crippen molar-refractivity contribution in [3.8, 4) is 5.75 Å². The maximum absolute atomic E-state index is 13.5. The molecule has 0 spiro atoms. The second-order valence-corrected chi connectivity index (χ2v) is 10.7. The number of fused-ring (bicyclic) bond motifs is 3. The van der Waals surface area contributed by atoms with Crippen LogP contribution in [0.3, 0.4) is 0 Å². The molecule has 42 heavy (non-hydrogen) atoms. The van der Waals surface area contributed by atoms with E-state index in [4.69, 9.17) is 4.74 Å². The van der Waals surface area contributed by atoms with E-state index in [0.717, 1.165) is 73.3 Å². The van der Waals surface area contributed by atoms with Gasteiger partial charge >= 0.3 is 5.97 Å². The lowest BCUT2D eigenvalue weighted by molar-refractivity contribution is -0.134. The minimum Gasteiger partial charge on any atom is -0.427 e. The molecule has 4 aromatic rings. The summed E-state index contributed by atoms with van der Waals surface area (Å²) in [6.45, 7) is 6.99. The average molecular weight is 569 g/mol. The zero-order chi connectivity index (χ0) is 30.1. The second kappa shape index (κ2) is 14.6. The molecule has 0 aliphatic carbocycles. The lowest BCUT2D eigenvalue weighted by Gasteiger charge is -2.07. The van der Waals surface area contributed by atoms with Gasteiger partial charge in [-0.25, -0.2) is 0 Å². The molecule has 0 radical (unpaired) electrons. The van der Waals surface area contributed by atoms with Crippen LogP contribution in [-0.4, -0.2) is 33.0 Å². The number of esters is 1. The van der Waals surface area contributed by atoms with Crippen molar-refractivity contribution in [2.75, 3.05) is 0 Å². The zero-order valence-electron chi connectivity index (χ0n) is 24.8. The number of Topliss-reactive ketones (excluding diaryl/α,β-unsaturated/α-hetero) is 1. The van der Waals surface area contributed by atoms with Crippen molar-refractivity contribution < 1.29 is 24.3 Å². The number of unbranched alkanes of at least 4 members (excludes halogenated alkanes) is 5. The van der Waals surface area contributed by atoms with Crippen LogP contribution in [0.2, 0.25) is 0 Å². The summed E-state index contributed by atoms with van der Waals surface area (Å²) >= 11 is 0. The molecule has 7 nitrogen and oxygen atoms in total. The van der Waals surface area contributed by atoms with Crippen LogP contribution in [0.15, 0.2) is 65.8 Å². The Labute approximate surface area is 247 Å². The van der Waals surface area contributed by atoms with E-state index in [1.807, 2.05) is 30.3 Å². The van der Waals surface area contributed by atoms with Crippen LogP contribution in [0.4, 0.5) is 0 Å². The quantitative estimate of drug-likeness (QED) is 0.0295. The van der Waals surface area contributed by atoms with Crippen LogP contribution in [0.5, 0.6) is 5.75 Å². The molecule has 0 unspecified atom stereocenters. The van der Waals surface area contributed by atoms with Crippen LogP contribution in [0, 0.1) is 0 Å². The summed E-state index contributed by atoms with van der Waals surface area (Å²) in [4.78, 5) is 38.8. The number of aryl methyl sites for hydroxylation is 1. The number of ether oxygens (including phenoxy) is 1. The van der Waals surface area contributed by atoms with Crippen LogP contribution in [0.25, 0.3) is 21.8 Å². The van der Waals surface area contributed by atoms with Crippen molar-refractivity contribution in [3.05, 3.63) is 77.4 Å². The Morgan fingerprint density at radius 2 is 1.29 bits per heavy atom. The molecule has 0 aliphatic rings. The minimum atomic E-state index is -0.290. The molecule has 0 aliphatic heterocycles. The summed E-state index contributed by atoms with van der Waals surface area (Å²) in [6.07, 6.45) is 7.59. The molecule has 7 heteroatoms. The Morgan fingerprint density at radius 1 is 0.714 bits per heavy atom. The van der Waals surface area contributed by atoms with E-state index < -0.39 is 0 Å². The monoisotopic (exact) mass is 568 g/mol. The van der Waals surface area contributed by atoms with Crippen molar-refractivity contribution >= 4 is 45.1 Å². The summed E-state index contributed by atoms with van der Waals surface area (Å²) in [5.74, 6) is -0.281. The summed E-state index contributed by atoms with van der Waals surface area (Å²) in [5, 5.41) is 14.5. The van der Waals surface area contributed by atoms with Gasteiger partial charge < -0.3 is 14.5 Å². The lowest BCUT2D eigenvalue weighted by atomic mass is 9.98. The zero-order valence-corrected chi connectivity index (χ0v) is 24.8. The number of carbonyl (C=O) groups is 3. The molecule has 0 fully saturated rings. The van der Waals surface area contributed by atoms with Crippen molar-refractivity contribution in [2.45, 2.75) is 85.1 Å². The molecule has 1 aromatic heterocycles. The summed E-state index contributed by atoms with van der Waals surface area (Å²) in [5.41, 5.74) is 3.55. The second-order valence-electron chi connectivity index (χ2n) is 10.7. The highest BCUT2D eigenvalue weighted by molar-refractivity contribution is 6.46. The van der Waals surface area contributed by atoms with Gasteiger partial charge in [0.2, 0.25) is 5.78 Å². The molecule has 0 bridgehead atoms. The van der Waals surface area contributed by atoms with Gasteiger partial charge in [0.15, 0.2) is 5.78 Å². The van der Waals surface area contributed by atoms with E-state index in [0.29, 0.717) is 35.3 Å². The van der Waals surface area contributed by atoms with Gasteiger partial charge in [0.25, 0.3) is 0 Å². The first kappa shape index (κ1) is 30.7. The third-order valence-corrected chi connectivity index (χ3v) is 7.69. The van der Waals surface area contributed by atoms with Crippen LogP contribution < -0.4 is 4.74 Å². The molecule has 4 rings (SSSR count). The van der Waals surface area contributed by atoms with E-state index >= 15 is 0 Å². The average Bonchev–Trinajstić information content (AvgIpc) is 3.33. The number of carbonyl (C=O) groups excluding carboxylic acids is 3. The van der Waals surface area contributed by atoms with E-state index in [1.165, 1.54) is 0 Å². The number of oxime groups is 1. The molecule has 0 saturated heterocycles. The molecule has 0 atom stereocenters. The number of hydrogen-bond acceptors (Lipinski definition) is 6. The van der Waals surface area contributed by atoms with Crippen molar-refractivity contribution in [2.24, 2.45) is 5.16 Å². The smallest absolute Gasteiger partial charge is 0.311 e. The van der Waals surface area contributed by atoms with Gasteiger partial charge in [-0.3, -0.25) is 14.4 Å². The number of aromatic nitrogens is 1. The van der Waals surface area contributed by atoms with Gasteiger partial charge in [0.1, 0.15) is 11.5 Å². The maximum atomic E-state index is 13.5. The largest absolute Gasteiger partial charge is 0.427 e. The molecule has 220 valence electrons. The van der Waals surface area contributed by atoms with Crippen LogP contribution in [-0.2, 0) is 11.3 Å². The fourth-order valence-corrected chi connectivity index (χ4v) is 5.36. The predicted molar refractivity (Wildman–Crippen MR) is 167 cm³/mol. The first-order valence-electron chi connectivity index (χ1n) is 15.1. The van der Waals surface area contributed by atoms with Gasteiger partial charge in [0.05, 0.1) is 0 Å². The predicted octanol–water partition coefficient (Wildman–Crippen LogP) is 8.51. The van der Waals surface area contributed by atoms with Gasteiger partial charge in [0, 0.05) is 51.5 Å². The molecular formula is C35H40N2O5. The SMILES string of the molecule is CCCCCCC(=O)Oc1ccc(C(=O)c2ccc3c(c2)c2cc(C(=O)/C(CCCCC)=N/O)ccc2n3CC)cc1. The summed E-state index contributed by atoms with van der Waals surface area (Å²) in [7, 11) is 0. The molecule has 0 saturated carbocycles. The standard InChI is InChI=1S/C35H40N2O5/c1-4-7-9-11-13-33(38)42-27-18-14-24(15-19-27)34(39)25-16-20-31-28(22-25)29-23-26(17-21-32(29)37(31)6-3)35(40)30(36-41)12-10-8-5-2/h14-23,41H,4-13H2,1-3H3/b36-30+. The highest BCUT2D eigenvalue weighted by Crippen LogP contribution is 2.32. The maximum Gasteiger partial charge on any atom is 0.311 e. The van der Waals surface area contributed by atoms with Gasteiger partial charge in [-0.2, -0.15) is 0 Å². The van der Waals surface area contributed by atoms with E-state index in [2.05, 4.69) is 30.5 Å². The Balaban J connectivity index is 1.59. The van der Waals surface area contributed by atoms with Crippen LogP contribution >= 0.6 is 0 Å². The lowest BCUT2D eigenvalue weighted by Crippen LogP contribution is -2.14. The number of benzene rings is 3. The molecule has 3 aromatic carbocycles. The highest BCUT2D eigenvalue weighted by atomic mass is 16.5. The Hall–Kier alpha value is -4.26. The topological polar surface area (TPSA) is 98.0 Å². The van der Waals surface area contributed by atoms with Crippen LogP contribution in [0.1, 0.15) is 105 Å². The molecule has 1 N–H and O–H groups in total. The van der Waals surface area contributed by atoms with E-state index in [9.17, 15) is 19.6 Å². The first-order chi connectivity index (χ1) is 20.4.